The number of hydrogen-bond donors (Lipinski definition) is 1. The van der Waals surface area contributed by atoms with E-state index in [1.54, 1.807) is 6.07 Å². The SMILES string of the molecule is Cc1ccc(NC(=O)CCc2c(C)c3cc4c(C)c(C)oc4cc3oc2=O)cc1C. The van der Waals surface area contributed by atoms with Crippen LogP contribution in [0.2, 0.25) is 0 Å². The number of benzene rings is 2. The van der Waals surface area contributed by atoms with Gasteiger partial charge in [0.1, 0.15) is 16.9 Å². The maximum Gasteiger partial charge on any atom is 0.339 e. The van der Waals surface area contributed by atoms with Gasteiger partial charge in [0, 0.05) is 34.5 Å². The second-order valence-electron chi connectivity index (χ2n) is 7.97. The van der Waals surface area contributed by atoms with Crippen molar-refractivity contribution in [3.05, 3.63) is 74.3 Å². The van der Waals surface area contributed by atoms with Crippen LogP contribution in [0.3, 0.4) is 0 Å². The molecule has 0 spiro atoms. The third-order valence-electron chi connectivity index (χ3n) is 5.98. The largest absolute Gasteiger partial charge is 0.461 e. The molecule has 0 aliphatic rings. The molecule has 0 bridgehead atoms. The molecule has 5 heteroatoms. The van der Waals surface area contributed by atoms with E-state index < -0.39 is 5.63 Å². The van der Waals surface area contributed by atoms with Crippen molar-refractivity contribution in [3.63, 3.8) is 0 Å². The number of nitrogens with one attached hydrogen (secondary N) is 1. The Balaban J connectivity index is 1.61. The standard InChI is InChI=1S/C25H25NO4/c1-13-6-7-18(10-14(13)2)26-24(27)9-8-19-16(4)21-11-20-15(3)17(5)29-22(20)12-23(21)30-25(19)28/h6-7,10-12H,8-9H2,1-5H3,(H,26,27). The van der Waals surface area contributed by atoms with Crippen molar-refractivity contribution < 1.29 is 13.6 Å². The fourth-order valence-electron chi connectivity index (χ4n) is 3.80. The average Bonchev–Trinajstić information content (AvgIpc) is 2.96. The molecule has 4 aromatic rings. The number of hydrogen-bond acceptors (Lipinski definition) is 4. The van der Waals surface area contributed by atoms with Crippen LogP contribution >= 0.6 is 0 Å². The molecule has 4 rings (SSSR count). The zero-order valence-corrected chi connectivity index (χ0v) is 17.9. The van der Waals surface area contributed by atoms with Gasteiger partial charge in [0.2, 0.25) is 5.91 Å². The van der Waals surface area contributed by atoms with Gasteiger partial charge < -0.3 is 14.2 Å². The Kier molecular flexibility index (Phi) is 4.98. The van der Waals surface area contributed by atoms with Crippen LogP contribution in [0.4, 0.5) is 5.69 Å². The van der Waals surface area contributed by atoms with Crippen LogP contribution in [0.1, 0.15) is 40.0 Å². The molecule has 2 aromatic heterocycles. The Morgan fingerprint density at radius 1 is 0.867 bits per heavy atom. The summed E-state index contributed by atoms with van der Waals surface area (Å²) in [6.07, 6.45) is 0.526. The van der Waals surface area contributed by atoms with E-state index in [-0.39, 0.29) is 12.3 Å². The Morgan fingerprint density at radius 2 is 1.57 bits per heavy atom. The molecule has 0 radical (unpaired) electrons. The van der Waals surface area contributed by atoms with E-state index in [2.05, 4.69) is 5.32 Å². The zero-order valence-electron chi connectivity index (χ0n) is 17.9. The summed E-state index contributed by atoms with van der Waals surface area (Å²) >= 11 is 0. The highest BCUT2D eigenvalue weighted by Crippen LogP contribution is 2.31. The van der Waals surface area contributed by atoms with Gasteiger partial charge in [-0.2, -0.15) is 0 Å². The molecular formula is C25H25NO4. The quantitative estimate of drug-likeness (QED) is 0.447. The first-order valence-electron chi connectivity index (χ1n) is 10.1. The Bertz CT molecular complexity index is 1360. The minimum atomic E-state index is -0.404. The fourth-order valence-corrected chi connectivity index (χ4v) is 3.80. The molecule has 2 heterocycles. The summed E-state index contributed by atoms with van der Waals surface area (Å²) in [7, 11) is 0. The number of fused-ring (bicyclic) bond motifs is 2. The highest BCUT2D eigenvalue weighted by molar-refractivity contribution is 5.97. The third kappa shape index (κ3) is 3.52. The lowest BCUT2D eigenvalue weighted by atomic mass is 10.0. The molecule has 0 unspecified atom stereocenters. The van der Waals surface area contributed by atoms with Crippen LogP contribution in [0.25, 0.3) is 21.9 Å². The predicted molar refractivity (Wildman–Crippen MR) is 119 cm³/mol. The highest BCUT2D eigenvalue weighted by Gasteiger charge is 2.16. The topological polar surface area (TPSA) is 72.5 Å². The van der Waals surface area contributed by atoms with E-state index in [1.807, 2.05) is 58.9 Å². The Labute approximate surface area is 174 Å². The molecular weight excluding hydrogens is 378 g/mol. The second kappa shape index (κ2) is 7.48. The smallest absolute Gasteiger partial charge is 0.339 e. The van der Waals surface area contributed by atoms with Crippen LogP contribution in [0, 0.1) is 34.6 Å². The summed E-state index contributed by atoms with van der Waals surface area (Å²) < 4.78 is 11.3. The molecule has 0 saturated heterocycles. The van der Waals surface area contributed by atoms with Gasteiger partial charge in [-0.05, 0) is 81.5 Å². The molecule has 5 nitrogen and oxygen atoms in total. The van der Waals surface area contributed by atoms with Crippen LogP contribution in [-0.2, 0) is 11.2 Å². The normalized spacial score (nSPS) is 11.4. The first kappa shape index (κ1) is 20.0. The number of carbonyl (C=O) groups is 1. The molecule has 0 saturated carbocycles. The predicted octanol–water partition coefficient (Wildman–Crippen LogP) is 5.65. The number of amides is 1. The minimum absolute atomic E-state index is 0.131. The van der Waals surface area contributed by atoms with Gasteiger partial charge in [-0.25, -0.2) is 4.79 Å². The monoisotopic (exact) mass is 403 g/mol. The van der Waals surface area contributed by atoms with Crippen molar-refractivity contribution >= 4 is 33.5 Å². The van der Waals surface area contributed by atoms with Gasteiger partial charge in [0.25, 0.3) is 0 Å². The summed E-state index contributed by atoms with van der Waals surface area (Å²) in [5, 5.41) is 4.79. The van der Waals surface area contributed by atoms with Gasteiger partial charge in [-0.3, -0.25) is 4.79 Å². The van der Waals surface area contributed by atoms with Crippen molar-refractivity contribution in [2.45, 2.75) is 47.5 Å². The van der Waals surface area contributed by atoms with Crippen LogP contribution in [0.15, 0.2) is 44.0 Å². The summed E-state index contributed by atoms with van der Waals surface area (Å²) in [6.45, 7) is 9.88. The van der Waals surface area contributed by atoms with E-state index in [0.717, 1.165) is 38.9 Å². The van der Waals surface area contributed by atoms with Gasteiger partial charge in [-0.1, -0.05) is 6.07 Å². The number of rotatable bonds is 4. The summed E-state index contributed by atoms with van der Waals surface area (Å²) in [5.74, 6) is 0.720. The third-order valence-corrected chi connectivity index (χ3v) is 5.98. The molecule has 0 aliphatic heterocycles. The van der Waals surface area contributed by atoms with Crippen molar-refractivity contribution in [2.75, 3.05) is 5.32 Å². The molecule has 1 N–H and O–H groups in total. The van der Waals surface area contributed by atoms with E-state index >= 15 is 0 Å². The molecule has 0 fully saturated rings. The number of furan rings is 1. The molecule has 154 valence electrons. The van der Waals surface area contributed by atoms with Crippen LogP contribution < -0.4 is 10.9 Å². The van der Waals surface area contributed by atoms with E-state index in [1.165, 1.54) is 5.56 Å². The molecule has 1 amide bonds. The van der Waals surface area contributed by atoms with Crippen LogP contribution in [-0.4, -0.2) is 5.91 Å². The van der Waals surface area contributed by atoms with Gasteiger partial charge in [0.05, 0.1) is 0 Å². The van der Waals surface area contributed by atoms with Gasteiger partial charge in [0.15, 0.2) is 0 Å². The maximum atomic E-state index is 12.6. The molecule has 0 aliphatic carbocycles. The maximum absolute atomic E-state index is 12.6. The van der Waals surface area contributed by atoms with Crippen LogP contribution in [0.5, 0.6) is 0 Å². The van der Waals surface area contributed by atoms with Crippen molar-refractivity contribution in [1.82, 2.24) is 0 Å². The zero-order chi connectivity index (χ0) is 21.6. The first-order valence-corrected chi connectivity index (χ1v) is 10.1. The summed E-state index contributed by atoms with van der Waals surface area (Å²) in [6, 6.07) is 9.59. The van der Waals surface area contributed by atoms with Crippen molar-refractivity contribution in [2.24, 2.45) is 0 Å². The molecule has 30 heavy (non-hydrogen) atoms. The van der Waals surface area contributed by atoms with Crippen molar-refractivity contribution in [3.8, 4) is 0 Å². The average molecular weight is 403 g/mol. The van der Waals surface area contributed by atoms with E-state index in [0.29, 0.717) is 23.2 Å². The fraction of sp³-hybridized carbons (Fsp3) is 0.280. The number of anilines is 1. The minimum Gasteiger partial charge on any atom is -0.461 e. The number of carbonyl (C=O) groups excluding carboxylic acids is 1. The van der Waals surface area contributed by atoms with Gasteiger partial charge >= 0.3 is 5.63 Å². The lowest BCUT2D eigenvalue weighted by Crippen LogP contribution is -2.16. The Morgan fingerprint density at radius 3 is 2.30 bits per heavy atom. The van der Waals surface area contributed by atoms with E-state index in [4.69, 9.17) is 8.83 Å². The van der Waals surface area contributed by atoms with Gasteiger partial charge in [-0.15, -0.1) is 0 Å². The Hall–Kier alpha value is -3.34. The summed E-state index contributed by atoms with van der Waals surface area (Å²) in [4.78, 5) is 25.0. The van der Waals surface area contributed by atoms with E-state index in [9.17, 15) is 9.59 Å². The lowest BCUT2D eigenvalue weighted by molar-refractivity contribution is -0.116. The first-order chi connectivity index (χ1) is 14.2. The molecule has 2 aromatic carbocycles. The molecule has 0 atom stereocenters. The summed E-state index contributed by atoms with van der Waals surface area (Å²) in [5.41, 5.74) is 6.33. The highest BCUT2D eigenvalue weighted by atomic mass is 16.4. The lowest BCUT2D eigenvalue weighted by Gasteiger charge is -2.10. The number of aryl methyl sites for hydroxylation is 5. The second-order valence-corrected chi connectivity index (χ2v) is 7.97. The van der Waals surface area contributed by atoms with Crippen molar-refractivity contribution in [1.29, 1.82) is 0 Å².